The number of nitrogens with zero attached hydrogens (tertiary/aromatic N) is 1. The molecular formula is C11H24N2. The number of rotatable bonds is 4. The first-order chi connectivity index (χ1) is 6.14. The molecule has 1 heterocycles. The van der Waals surface area contributed by atoms with Crippen LogP contribution in [0.1, 0.15) is 33.6 Å². The summed E-state index contributed by atoms with van der Waals surface area (Å²) >= 11 is 0. The van der Waals surface area contributed by atoms with Gasteiger partial charge in [0.1, 0.15) is 0 Å². The highest BCUT2D eigenvalue weighted by Gasteiger charge is 2.17. The molecule has 0 atom stereocenters. The molecule has 1 fully saturated rings. The lowest BCUT2D eigenvalue weighted by Crippen LogP contribution is -2.44. The highest BCUT2D eigenvalue weighted by molar-refractivity contribution is 4.72. The molecule has 0 aliphatic carbocycles. The Morgan fingerprint density at radius 2 is 1.85 bits per heavy atom. The lowest BCUT2D eigenvalue weighted by Gasteiger charge is -2.31. The van der Waals surface area contributed by atoms with Crippen LogP contribution in [-0.2, 0) is 0 Å². The lowest BCUT2D eigenvalue weighted by molar-refractivity contribution is 0.195. The summed E-state index contributed by atoms with van der Waals surface area (Å²) in [4.78, 5) is 2.58. The van der Waals surface area contributed by atoms with E-state index in [0.29, 0.717) is 5.41 Å². The van der Waals surface area contributed by atoms with Gasteiger partial charge >= 0.3 is 0 Å². The van der Waals surface area contributed by atoms with E-state index in [9.17, 15) is 0 Å². The van der Waals surface area contributed by atoms with E-state index in [1.54, 1.807) is 0 Å². The van der Waals surface area contributed by atoms with E-state index in [1.807, 2.05) is 0 Å². The highest BCUT2D eigenvalue weighted by atomic mass is 15.2. The second-order valence-electron chi connectivity index (χ2n) is 4.86. The molecule has 0 aromatic carbocycles. The van der Waals surface area contributed by atoms with Crippen LogP contribution < -0.4 is 5.32 Å². The van der Waals surface area contributed by atoms with Crippen LogP contribution in [-0.4, -0.2) is 37.6 Å². The van der Waals surface area contributed by atoms with Crippen molar-refractivity contribution >= 4 is 0 Å². The van der Waals surface area contributed by atoms with Crippen molar-refractivity contribution in [3.8, 4) is 0 Å². The maximum absolute atomic E-state index is 3.38. The number of nitrogens with one attached hydrogen (secondary N) is 1. The molecule has 0 spiro atoms. The Morgan fingerprint density at radius 3 is 2.38 bits per heavy atom. The van der Waals surface area contributed by atoms with E-state index in [1.165, 1.54) is 45.6 Å². The molecule has 0 amide bonds. The fraction of sp³-hybridized carbons (Fsp3) is 1.00. The van der Waals surface area contributed by atoms with Gasteiger partial charge in [-0.25, -0.2) is 0 Å². The topological polar surface area (TPSA) is 15.3 Å². The fourth-order valence-corrected chi connectivity index (χ4v) is 1.57. The fourth-order valence-electron chi connectivity index (χ4n) is 1.57. The van der Waals surface area contributed by atoms with Gasteiger partial charge in [-0.05, 0) is 18.4 Å². The second-order valence-corrected chi connectivity index (χ2v) is 4.86. The van der Waals surface area contributed by atoms with Crippen LogP contribution >= 0.6 is 0 Å². The van der Waals surface area contributed by atoms with Crippen LogP contribution in [0.15, 0.2) is 0 Å². The molecule has 1 saturated heterocycles. The lowest BCUT2D eigenvalue weighted by atomic mass is 9.86. The SMILES string of the molecule is CCC(C)(C)CCN1CCNCC1. The van der Waals surface area contributed by atoms with Crippen LogP contribution in [0.25, 0.3) is 0 Å². The molecule has 1 aliphatic heterocycles. The minimum atomic E-state index is 0.533. The highest BCUT2D eigenvalue weighted by Crippen LogP contribution is 2.24. The zero-order chi connectivity index (χ0) is 9.73. The molecule has 0 radical (unpaired) electrons. The zero-order valence-corrected chi connectivity index (χ0v) is 9.40. The van der Waals surface area contributed by atoms with Gasteiger partial charge in [0.05, 0.1) is 0 Å². The van der Waals surface area contributed by atoms with Gasteiger partial charge in [0.25, 0.3) is 0 Å². The molecule has 1 rings (SSSR count). The van der Waals surface area contributed by atoms with Gasteiger partial charge < -0.3 is 10.2 Å². The first-order valence-electron chi connectivity index (χ1n) is 5.57. The summed E-state index contributed by atoms with van der Waals surface area (Å²) in [5.74, 6) is 0. The van der Waals surface area contributed by atoms with E-state index in [2.05, 4.69) is 31.0 Å². The summed E-state index contributed by atoms with van der Waals surface area (Å²) < 4.78 is 0. The van der Waals surface area contributed by atoms with Crippen molar-refractivity contribution < 1.29 is 0 Å². The third-order valence-electron chi connectivity index (χ3n) is 3.27. The van der Waals surface area contributed by atoms with E-state index in [0.717, 1.165) is 0 Å². The molecule has 0 aromatic heterocycles. The van der Waals surface area contributed by atoms with Crippen LogP contribution in [0.5, 0.6) is 0 Å². The van der Waals surface area contributed by atoms with Crippen LogP contribution in [0.4, 0.5) is 0 Å². The first kappa shape index (κ1) is 11.0. The standard InChI is InChI=1S/C11H24N2/c1-4-11(2,3)5-8-13-9-6-12-7-10-13/h12H,4-10H2,1-3H3. The monoisotopic (exact) mass is 184 g/mol. The summed E-state index contributed by atoms with van der Waals surface area (Å²) in [7, 11) is 0. The minimum Gasteiger partial charge on any atom is -0.314 e. The van der Waals surface area contributed by atoms with E-state index >= 15 is 0 Å². The van der Waals surface area contributed by atoms with Gasteiger partial charge in [-0.15, -0.1) is 0 Å². The predicted molar refractivity (Wildman–Crippen MR) is 58.0 cm³/mol. The van der Waals surface area contributed by atoms with Crippen LogP contribution in [0.2, 0.25) is 0 Å². The van der Waals surface area contributed by atoms with Gasteiger partial charge in [0.2, 0.25) is 0 Å². The van der Waals surface area contributed by atoms with Crippen molar-refractivity contribution in [1.82, 2.24) is 10.2 Å². The molecule has 0 saturated carbocycles. The third kappa shape index (κ3) is 4.10. The normalized spacial score (nSPS) is 20.5. The Morgan fingerprint density at radius 1 is 1.23 bits per heavy atom. The minimum absolute atomic E-state index is 0.533. The number of piperazine rings is 1. The number of hydrogen-bond acceptors (Lipinski definition) is 2. The molecule has 0 bridgehead atoms. The molecule has 0 unspecified atom stereocenters. The molecule has 1 N–H and O–H groups in total. The van der Waals surface area contributed by atoms with Crippen molar-refractivity contribution in [2.45, 2.75) is 33.6 Å². The van der Waals surface area contributed by atoms with E-state index in [-0.39, 0.29) is 0 Å². The zero-order valence-electron chi connectivity index (χ0n) is 9.40. The molecule has 0 aromatic rings. The quantitative estimate of drug-likeness (QED) is 0.715. The van der Waals surface area contributed by atoms with E-state index in [4.69, 9.17) is 0 Å². The summed E-state index contributed by atoms with van der Waals surface area (Å²) in [6.45, 7) is 13.1. The van der Waals surface area contributed by atoms with Gasteiger partial charge in [-0.2, -0.15) is 0 Å². The maximum atomic E-state index is 3.38. The van der Waals surface area contributed by atoms with Crippen molar-refractivity contribution in [2.75, 3.05) is 32.7 Å². The Hall–Kier alpha value is -0.0800. The van der Waals surface area contributed by atoms with Gasteiger partial charge in [-0.3, -0.25) is 0 Å². The van der Waals surface area contributed by atoms with Gasteiger partial charge in [0.15, 0.2) is 0 Å². The molecular weight excluding hydrogens is 160 g/mol. The maximum Gasteiger partial charge on any atom is 0.0107 e. The predicted octanol–water partition coefficient (Wildman–Crippen LogP) is 1.72. The smallest absolute Gasteiger partial charge is 0.0107 e. The molecule has 78 valence electrons. The van der Waals surface area contributed by atoms with Crippen LogP contribution in [0.3, 0.4) is 0 Å². The summed E-state index contributed by atoms with van der Waals surface area (Å²) in [5, 5.41) is 3.38. The Labute approximate surface area is 82.7 Å². The van der Waals surface area contributed by atoms with Gasteiger partial charge in [-0.1, -0.05) is 27.2 Å². The summed E-state index contributed by atoms with van der Waals surface area (Å²) in [5.41, 5.74) is 0.533. The third-order valence-corrected chi connectivity index (χ3v) is 3.27. The van der Waals surface area contributed by atoms with Crippen molar-refractivity contribution in [1.29, 1.82) is 0 Å². The largest absolute Gasteiger partial charge is 0.314 e. The summed E-state index contributed by atoms with van der Waals surface area (Å²) in [6, 6.07) is 0. The summed E-state index contributed by atoms with van der Waals surface area (Å²) in [6.07, 6.45) is 2.63. The second kappa shape index (κ2) is 4.97. The van der Waals surface area contributed by atoms with E-state index < -0.39 is 0 Å². The Kier molecular flexibility index (Phi) is 4.20. The van der Waals surface area contributed by atoms with Crippen LogP contribution in [0, 0.1) is 5.41 Å². The molecule has 2 heteroatoms. The van der Waals surface area contributed by atoms with Crippen molar-refractivity contribution in [3.05, 3.63) is 0 Å². The Bertz CT molecular complexity index is 137. The van der Waals surface area contributed by atoms with Gasteiger partial charge in [0, 0.05) is 26.2 Å². The average Bonchev–Trinajstić information content (AvgIpc) is 2.17. The Balaban J connectivity index is 2.17. The van der Waals surface area contributed by atoms with Crippen molar-refractivity contribution in [2.24, 2.45) is 5.41 Å². The van der Waals surface area contributed by atoms with Crippen molar-refractivity contribution in [3.63, 3.8) is 0 Å². The molecule has 1 aliphatic rings. The number of hydrogen-bond donors (Lipinski definition) is 1. The first-order valence-corrected chi connectivity index (χ1v) is 5.57. The average molecular weight is 184 g/mol. The molecule has 2 nitrogen and oxygen atoms in total. The molecule has 13 heavy (non-hydrogen) atoms.